The number of urea groups is 1. The standard InChI is InChI=1S/C21H18ClN5O4S3/c1-34(30,31)15-6-7-16-17(10-15)33-21(25-16)26-18(28)8-5-14-11-32-20(24-14)27-19(29)23-13-4-2-3-12(22)9-13/h2-4,6-7,9-11H,5,8H2,1H3,(H,25,26,28)(H2,23,24,27,29). The predicted molar refractivity (Wildman–Crippen MR) is 136 cm³/mol. The summed E-state index contributed by atoms with van der Waals surface area (Å²) in [6, 6.07) is 11.0. The monoisotopic (exact) mass is 535 g/mol. The average molecular weight is 536 g/mol. The van der Waals surface area contributed by atoms with Gasteiger partial charge in [0, 0.05) is 28.8 Å². The molecule has 4 rings (SSSR count). The van der Waals surface area contributed by atoms with Crippen molar-refractivity contribution in [3.63, 3.8) is 0 Å². The van der Waals surface area contributed by atoms with Crippen LogP contribution in [0.4, 0.5) is 20.7 Å². The lowest BCUT2D eigenvalue weighted by Crippen LogP contribution is -2.19. The van der Waals surface area contributed by atoms with Crippen LogP contribution in [0.3, 0.4) is 0 Å². The summed E-state index contributed by atoms with van der Waals surface area (Å²) < 4.78 is 24.1. The zero-order chi connectivity index (χ0) is 24.3. The lowest BCUT2D eigenvalue weighted by Gasteiger charge is -2.05. The number of halogens is 1. The topological polar surface area (TPSA) is 130 Å². The van der Waals surface area contributed by atoms with E-state index in [1.807, 2.05) is 0 Å². The molecule has 0 bridgehead atoms. The maximum Gasteiger partial charge on any atom is 0.325 e. The third-order valence-corrected chi connectivity index (χ3v) is 7.58. The van der Waals surface area contributed by atoms with Crippen LogP contribution >= 0.6 is 34.3 Å². The first-order valence-corrected chi connectivity index (χ1v) is 13.8. The van der Waals surface area contributed by atoms with Crippen molar-refractivity contribution in [2.45, 2.75) is 17.7 Å². The van der Waals surface area contributed by atoms with E-state index in [9.17, 15) is 18.0 Å². The highest BCUT2D eigenvalue weighted by Crippen LogP contribution is 2.28. The van der Waals surface area contributed by atoms with Crippen LogP contribution in [-0.2, 0) is 21.1 Å². The molecule has 2 aromatic heterocycles. The Bertz CT molecular complexity index is 1480. The molecular weight excluding hydrogens is 518 g/mol. The summed E-state index contributed by atoms with van der Waals surface area (Å²) in [6.07, 6.45) is 1.69. The fourth-order valence-electron chi connectivity index (χ4n) is 2.92. The van der Waals surface area contributed by atoms with Crippen molar-refractivity contribution < 1.29 is 18.0 Å². The van der Waals surface area contributed by atoms with Gasteiger partial charge in [-0.1, -0.05) is 29.0 Å². The molecule has 176 valence electrons. The van der Waals surface area contributed by atoms with Crippen molar-refractivity contribution >= 4 is 82.2 Å². The van der Waals surface area contributed by atoms with Gasteiger partial charge in [-0.05, 0) is 42.8 Å². The van der Waals surface area contributed by atoms with E-state index >= 15 is 0 Å². The summed E-state index contributed by atoms with van der Waals surface area (Å²) in [5, 5.41) is 11.1. The molecule has 2 heterocycles. The molecule has 0 radical (unpaired) electrons. The molecule has 0 unspecified atom stereocenters. The van der Waals surface area contributed by atoms with Crippen molar-refractivity contribution in [3.8, 4) is 0 Å². The lowest BCUT2D eigenvalue weighted by atomic mass is 10.2. The molecular formula is C21H18ClN5O4S3. The van der Waals surface area contributed by atoms with Gasteiger partial charge >= 0.3 is 6.03 Å². The number of hydrogen-bond donors (Lipinski definition) is 3. The number of anilines is 3. The zero-order valence-corrected chi connectivity index (χ0v) is 20.9. The summed E-state index contributed by atoms with van der Waals surface area (Å²) in [5.74, 6) is -0.247. The Hall–Kier alpha value is -3.06. The second kappa shape index (κ2) is 10.1. The number of nitrogens with zero attached hydrogens (tertiary/aromatic N) is 2. The van der Waals surface area contributed by atoms with E-state index in [1.165, 1.54) is 28.7 Å². The van der Waals surface area contributed by atoms with E-state index in [1.54, 1.807) is 41.8 Å². The van der Waals surface area contributed by atoms with Crippen molar-refractivity contribution in [1.29, 1.82) is 0 Å². The van der Waals surface area contributed by atoms with E-state index in [4.69, 9.17) is 11.6 Å². The van der Waals surface area contributed by atoms with Gasteiger partial charge in [-0.2, -0.15) is 0 Å². The number of benzene rings is 2. The number of thiazole rings is 2. The predicted octanol–water partition coefficient (Wildman–Crippen LogP) is 5.03. The summed E-state index contributed by atoms with van der Waals surface area (Å²) in [7, 11) is -3.32. The normalized spacial score (nSPS) is 11.4. The number of aromatic nitrogens is 2. The number of rotatable bonds is 7. The van der Waals surface area contributed by atoms with E-state index in [0.717, 1.165) is 6.26 Å². The van der Waals surface area contributed by atoms with Gasteiger partial charge in [0.05, 0.1) is 20.8 Å². The Labute approximate surface area is 208 Å². The van der Waals surface area contributed by atoms with Crippen LogP contribution in [0.15, 0.2) is 52.7 Å². The summed E-state index contributed by atoms with van der Waals surface area (Å²) in [6.45, 7) is 0. The number of aryl methyl sites for hydroxylation is 1. The fraction of sp³-hybridized carbons (Fsp3) is 0.143. The van der Waals surface area contributed by atoms with Crippen LogP contribution in [0.2, 0.25) is 5.02 Å². The Balaban J connectivity index is 1.29. The fourth-order valence-corrected chi connectivity index (χ4v) is 5.49. The molecule has 0 saturated carbocycles. The Morgan fingerprint density at radius 1 is 1.03 bits per heavy atom. The smallest absolute Gasteiger partial charge is 0.308 e. The molecule has 0 spiro atoms. The van der Waals surface area contributed by atoms with Crippen LogP contribution in [-0.4, -0.2) is 36.6 Å². The number of hydrogen-bond acceptors (Lipinski definition) is 8. The minimum Gasteiger partial charge on any atom is -0.308 e. The third kappa shape index (κ3) is 6.29. The third-order valence-electron chi connectivity index (χ3n) is 4.50. The highest BCUT2D eigenvalue weighted by molar-refractivity contribution is 7.90. The first kappa shape index (κ1) is 24.1. The van der Waals surface area contributed by atoms with Gasteiger partial charge in [-0.3, -0.25) is 10.1 Å². The second-order valence-electron chi connectivity index (χ2n) is 7.20. The van der Waals surface area contributed by atoms with Gasteiger partial charge in [-0.25, -0.2) is 23.2 Å². The van der Waals surface area contributed by atoms with Gasteiger partial charge in [0.15, 0.2) is 20.1 Å². The molecule has 0 fully saturated rings. The van der Waals surface area contributed by atoms with Gasteiger partial charge < -0.3 is 10.6 Å². The van der Waals surface area contributed by atoms with Gasteiger partial charge in [-0.15, -0.1) is 11.3 Å². The van der Waals surface area contributed by atoms with E-state index in [-0.39, 0.29) is 17.2 Å². The molecule has 2 aromatic carbocycles. The minimum absolute atomic E-state index is 0.169. The summed E-state index contributed by atoms with van der Waals surface area (Å²) in [5.41, 5.74) is 1.83. The van der Waals surface area contributed by atoms with Crippen LogP contribution in [0.5, 0.6) is 0 Å². The maximum atomic E-state index is 12.3. The van der Waals surface area contributed by atoms with Crippen LogP contribution in [0.1, 0.15) is 12.1 Å². The number of carbonyl (C=O) groups is 2. The molecule has 0 atom stereocenters. The van der Waals surface area contributed by atoms with E-state index < -0.39 is 15.9 Å². The number of carbonyl (C=O) groups excluding carboxylic acids is 2. The van der Waals surface area contributed by atoms with Crippen LogP contribution in [0.25, 0.3) is 10.2 Å². The highest BCUT2D eigenvalue weighted by atomic mass is 35.5. The highest BCUT2D eigenvalue weighted by Gasteiger charge is 2.13. The van der Waals surface area contributed by atoms with E-state index in [2.05, 4.69) is 25.9 Å². The SMILES string of the molecule is CS(=O)(=O)c1ccc2nc(NC(=O)CCc3csc(NC(=O)Nc4cccc(Cl)c4)n3)sc2c1. The van der Waals surface area contributed by atoms with Crippen molar-refractivity contribution in [2.24, 2.45) is 0 Å². The number of nitrogens with one attached hydrogen (secondary N) is 3. The summed E-state index contributed by atoms with van der Waals surface area (Å²) >= 11 is 8.37. The van der Waals surface area contributed by atoms with Crippen LogP contribution in [0, 0.1) is 0 Å². The Morgan fingerprint density at radius 2 is 1.85 bits per heavy atom. The molecule has 34 heavy (non-hydrogen) atoms. The summed E-state index contributed by atoms with van der Waals surface area (Å²) in [4.78, 5) is 33.3. The van der Waals surface area contributed by atoms with Crippen LogP contribution < -0.4 is 16.0 Å². The largest absolute Gasteiger partial charge is 0.325 e. The molecule has 13 heteroatoms. The molecule has 9 nitrogen and oxygen atoms in total. The van der Waals surface area contributed by atoms with Crippen molar-refractivity contribution in [1.82, 2.24) is 9.97 Å². The lowest BCUT2D eigenvalue weighted by molar-refractivity contribution is -0.116. The second-order valence-corrected chi connectivity index (χ2v) is 11.5. The van der Waals surface area contributed by atoms with Crippen molar-refractivity contribution in [3.05, 3.63) is 58.6 Å². The van der Waals surface area contributed by atoms with Crippen molar-refractivity contribution in [2.75, 3.05) is 22.2 Å². The molecule has 0 aliphatic heterocycles. The Kier molecular flexibility index (Phi) is 7.12. The molecule has 0 saturated heterocycles. The maximum absolute atomic E-state index is 12.3. The Morgan fingerprint density at radius 3 is 2.62 bits per heavy atom. The van der Waals surface area contributed by atoms with E-state index in [0.29, 0.717) is 43.3 Å². The molecule has 0 aliphatic rings. The quantitative estimate of drug-likeness (QED) is 0.304. The number of sulfone groups is 1. The molecule has 4 aromatic rings. The minimum atomic E-state index is -3.32. The molecule has 3 amide bonds. The number of fused-ring (bicyclic) bond motifs is 1. The average Bonchev–Trinajstić information content (AvgIpc) is 3.37. The molecule has 0 aliphatic carbocycles. The van der Waals surface area contributed by atoms with Gasteiger partial charge in [0.2, 0.25) is 5.91 Å². The first-order chi connectivity index (χ1) is 16.2. The number of amides is 3. The first-order valence-electron chi connectivity index (χ1n) is 9.84. The zero-order valence-electron chi connectivity index (χ0n) is 17.7. The van der Waals surface area contributed by atoms with Gasteiger partial charge in [0.25, 0.3) is 0 Å². The molecule has 3 N–H and O–H groups in total. The van der Waals surface area contributed by atoms with Gasteiger partial charge in [0.1, 0.15) is 0 Å².